The van der Waals surface area contributed by atoms with Crippen molar-refractivity contribution >= 4 is 16.9 Å². The Balaban J connectivity index is 1.68. The first-order valence-corrected chi connectivity index (χ1v) is 7.33. The predicted molar refractivity (Wildman–Crippen MR) is 81.8 cm³/mol. The Morgan fingerprint density at radius 2 is 2.18 bits per heavy atom. The van der Waals surface area contributed by atoms with Crippen LogP contribution in [-0.4, -0.2) is 36.5 Å². The summed E-state index contributed by atoms with van der Waals surface area (Å²) >= 11 is 0. The summed E-state index contributed by atoms with van der Waals surface area (Å²) in [6.45, 7) is 1.17. The zero-order valence-corrected chi connectivity index (χ0v) is 12.2. The number of fused-ring (bicyclic) bond motifs is 1. The van der Waals surface area contributed by atoms with E-state index in [0.29, 0.717) is 17.9 Å². The number of carbonyl (C=O) groups is 1. The van der Waals surface area contributed by atoms with Crippen molar-refractivity contribution < 1.29 is 13.9 Å². The largest absolute Gasteiger partial charge is 0.484 e. The van der Waals surface area contributed by atoms with Crippen LogP contribution in [0.3, 0.4) is 0 Å². The van der Waals surface area contributed by atoms with E-state index in [-0.39, 0.29) is 18.6 Å². The molecule has 2 aromatic rings. The maximum atomic E-state index is 12.2. The number of rotatable bonds is 4. The Labute approximate surface area is 127 Å². The molecule has 116 valence electrons. The number of amides is 1. The van der Waals surface area contributed by atoms with Crippen molar-refractivity contribution in [3.8, 4) is 5.75 Å². The van der Waals surface area contributed by atoms with Crippen LogP contribution in [0.1, 0.15) is 12.8 Å². The van der Waals surface area contributed by atoms with E-state index in [2.05, 4.69) is 0 Å². The van der Waals surface area contributed by atoms with Crippen molar-refractivity contribution in [1.29, 1.82) is 0 Å². The summed E-state index contributed by atoms with van der Waals surface area (Å²) in [7, 11) is 0. The topological polar surface area (TPSA) is 85.8 Å². The monoisotopic (exact) mass is 302 g/mol. The second-order valence-electron chi connectivity index (χ2n) is 5.36. The van der Waals surface area contributed by atoms with Crippen LogP contribution in [-0.2, 0) is 4.79 Å². The molecular weight excluding hydrogens is 284 g/mol. The van der Waals surface area contributed by atoms with Gasteiger partial charge in [-0.2, -0.15) is 0 Å². The Morgan fingerprint density at radius 1 is 1.36 bits per heavy atom. The molecule has 1 aliphatic heterocycles. The van der Waals surface area contributed by atoms with Crippen molar-refractivity contribution in [3.05, 3.63) is 40.8 Å². The van der Waals surface area contributed by atoms with E-state index in [1.54, 1.807) is 29.2 Å². The second-order valence-corrected chi connectivity index (χ2v) is 5.36. The summed E-state index contributed by atoms with van der Waals surface area (Å²) in [5.41, 5.74) is 5.70. The van der Waals surface area contributed by atoms with Gasteiger partial charge in [-0.15, -0.1) is 0 Å². The Kier molecular flexibility index (Phi) is 4.11. The molecule has 1 saturated heterocycles. The molecule has 0 saturated carbocycles. The van der Waals surface area contributed by atoms with Gasteiger partial charge < -0.3 is 19.8 Å². The lowest BCUT2D eigenvalue weighted by Crippen LogP contribution is -2.42. The summed E-state index contributed by atoms with van der Waals surface area (Å²) in [6.07, 6.45) is 1.93. The van der Waals surface area contributed by atoms with Gasteiger partial charge in [0.1, 0.15) is 11.3 Å². The first-order valence-electron chi connectivity index (χ1n) is 7.33. The molecule has 1 aromatic carbocycles. The fourth-order valence-corrected chi connectivity index (χ4v) is 2.77. The molecule has 1 aliphatic rings. The highest BCUT2D eigenvalue weighted by Gasteiger charge is 2.27. The Hall–Kier alpha value is -2.34. The van der Waals surface area contributed by atoms with Gasteiger partial charge in [0.15, 0.2) is 6.61 Å². The molecule has 1 atom stereocenters. The molecule has 1 aromatic heterocycles. The number of ether oxygens (including phenoxy) is 1. The van der Waals surface area contributed by atoms with E-state index in [1.165, 1.54) is 6.07 Å². The second kappa shape index (κ2) is 6.19. The van der Waals surface area contributed by atoms with Crippen molar-refractivity contribution in [3.63, 3.8) is 0 Å². The molecule has 2 heterocycles. The highest BCUT2D eigenvalue weighted by Crippen LogP contribution is 2.20. The summed E-state index contributed by atoms with van der Waals surface area (Å²) < 4.78 is 10.6. The predicted octanol–water partition coefficient (Wildman–Crippen LogP) is 1.12. The van der Waals surface area contributed by atoms with Gasteiger partial charge in [-0.3, -0.25) is 4.79 Å². The molecule has 22 heavy (non-hydrogen) atoms. The normalized spacial score (nSPS) is 17.9. The van der Waals surface area contributed by atoms with Gasteiger partial charge in [0.25, 0.3) is 5.91 Å². The van der Waals surface area contributed by atoms with Crippen LogP contribution in [0.4, 0.5) is 0 Å². The molecule has 0 spiro atoms. The van der Waals surface area contributed by atoms with Gasteiger partial charge in [0.05, 0.1) is 0 Å². The zero-order chi connectivity index (χ0) is 15.5. The lowest BCUT2D eigenvalue weighted by molar-refractivity contribution is -0.134. The smallest absolute Gasteiger partial charge is 0.336 e. The molecule has 1 fully saturated rings. The molecule has 0 bridgehead atoms. The van der Waals surface area contributed by atoms with Crippen LogP contribution in [0.5, 0.6) is 5.75 Å². The zero-order valence-electron chi connectivity index (χ0n) is 12.2. The van der Waals surface area contributed by atoms with Crippen molar-refractivity contribution in [2.24, 2.45) is 5.73 Å². The van der Waals surface area contributed by atoms with Crippen molar-refractivity contribution in [2.75, 3.05) is 19.7 Å². The lowest BCUT2D eigenvalue weighted by atomic mass is 10.2. The van der Waals surface area contributed by atoms with Gasteiger partial charge in [-0.1, -0.05) is 0 Å². The van der Waals surface area contributed by atoms with Crippen molar-refractivity contribution in [1.82, 2.24) is 4.90 Å². The molecule has 0 aliphatic carbocycles. The fourth-order valence-electron chi connectivity index (χ4n) is 2.77. The van der Waals surface area contributed by atoms with Gasteiger partial charge in [-0.25, -0.2) is 4.79 Å². The highest BCUT2D eigenvalue weighted by molar-refractivity contribution is 5.79. The van der Waals surface area contributed by atoms with Crippen LogP contribution < -0.4 is 16.1 Å². The average molecular weight is 302 g/mol. The third-order valence-electron chi connectivity index (χ3n) is 3.93. The number of hydrogen-bond acceptors (Lipinski definition) is 5. The quantitative estimate of drug-likeness (QED) is 0.855. The van der Waals surface area contributed by atoms with Crippen LogP contribution in [0.2, 0.25) is 0 Å². The molecule has 6 heteroatoms. The molecule has 0 radical (unpaired) electrons. The number of nitrogens with two attached hydrogens (primary N) is 1. The number of benzene rings is 1. The Morgan fingerprint density at radius 3 is 3.00 bits per heavy atom. The van der Waals surface area contributed by atoms with Gasteiger partial charge in [0.2, 0.25) is 0 Å². The van der Waals surface area contributed by atoms with Crippen LogP contribution in [0.15, 0.2) is 39.5 Å². The molecular formula is C16H18N2O4. The van der Waals surface area contributed by atoms with Crippen LogP contribution in [0.25, 0.3) is 11.0 Å². The summed E-state index contributed by atoms with van der Waals surface area (Å²) in [4.78, 5) is 25.2. The van der Waals surface area contributed by atoms with Gasteiger partial charge in [-0.05, 0) is 31.0 Å². The van der Waals surface area contributed by atoms with E-state index < -0.39 is 5.63 Å². The minimum Gasteiger partial charge on any atom is -0.484 e. The lowest BCUT2D eigenvalue weighted by Gasteiger charge is -2.23. The molecule has 2 N–H and O–H groups in total. The van der Waals surface area contributed by atoms with E-state index in [1.807, 2.05) is 0 Å². The van der Waals surface area contributed by atoms with Crippen LogP contribution in [0, 0.1) is 0 Å². The van der Waals surface area contributed by atoms with Crippen LogP contribution >= 0.6 is 0 Å². The van der Waals surface area contributed by atoms with Gasteiger partial charge >= 0.3 is 5.63 Å². The third-order valence-corrected chi connectivity index (χ3v) is 3.93. The number of nitrogens with zero attached hydrogens (tertiary/aromatic N) is 1. The molecule has 3 rings (SSSR count). The van der Waals surface area contributed by atoms with Crippen molar-refractivity contribution in [2.45, 2.75) is 18.9 Å². The number of hydrogen-bond donors (Lipinski definition) is 1. The minimum absolute atomic E-state index is 0.0426. The van der Waals surface area contributed by atoms with Gasteiger partial charge in [0, 0.05) is 36.7 Å². The summed E-state index contributed by atoms with van der Waals surface area (Å²) in [6, 6.07) is 8.33. The SMILES string of the molecule is NCC1CCCN1C(=O)COc1ccc2ccc(=O)oc2c1. The molecule has 1 amide bonds. The molecule has 1 unspecified atom stereocenters. The van der Waals surface area contributed by atoms with E-state index >= 15 is 0 Å². The number of likely N-dealkylation sites (tertiary alicyclic amines) is 1. The third kappa shape index (κ3) is 2.96. The van der Waals surface area contributed by atoms with E-state index in [4.69, 9.17) is 14.9 Å². The first kappa shape index (κ1) is 14.6. The molecule has 6 nitrogen and oxygen atoms in total. The maximum absolute atomic E-state index is 12.2. The number of carbonyl (C=O) groups excluding carboxylic acids is 1. The van der Waals surface area contributed by atoms with E-state index in [0.717, 1.165) is 24.8 Å². The van der Waals surface area contributed by atoms with E-state index in [9.17, 15) is 9.59 Å². The summed E-state index contributed by atoms with van der Waals surface area (Å²) in [5.74, 6) is 0.432. The summed E-state index contributed by atoms with van der Waals surface area (Å²) in [5, 5.41) is 0.806. The minimum atomic E-state index is -0.413. The first-order chi connectivity index (χ1) is 10.7. The standard InChI is InChI=1S/C16H18N2O4/c17-9-12-2-1-7-18(12)15(19)10-21-13-5-3-11-4-6-16(20)22-14(11)8-13/h3-6,8,12H,1-2,7,9-10,17H2. The highest BCUT2D eigenvalue weighted by atomic mass is 16.5. The average Bonchev–Trinajstić information content (AvgIpc) is 3.00. The Bertz CT molecular complexity index is 740. The fraction of sp³-hybridized carbons (Fsp3) is 0.375. The maximum Gasteiger partial charge on any atom is 0.336 e.